The number of H-pyrrole nitrogens is 1. The topological polar surface area (TPSA) is 65.2 Å². The van der Waals surface area contributed by atoms with Crippen LogP contribution in [0.3, 0.4) is 0 Å². The Kier molecular flexibility index (Phi) is 4.81. The fourth-order valence-electron chi connectivity index (χ4n) is 4.84. The molecule has 2 aliphatic rings. The third-order valence-corrected chi connectivity index (χ3v) is 6.44. The summed E-state index contributed by atoms with van der Waals surface area (Å²) in [5.41, 5.74) is 6.05. The summed E-state index contributed by atoms with van der Waals surface area (Å²) in [5.74, 6) is 0.780. The predicted molar refractivity (Wildman–Crippen MR) is 119 cm³/mol. The van der Waals surface area contributed by atoms with Gasteiger partial charge in [0.1, 0.15) is 0 Å². The summed E-state index contributed by atoms with van der Waals surface area (Å²) in [5, 5.41) is 4.23. The molecule has 154 valence electrons. The van der Waals surface area contributed by atoms with Gasteiger partial charge in [-0.05, 0) is 60.9 Å². The number of aromatic nitrogens is 1. The van der Waals surface area contributed by atoms with Crippen molar-refractivity contribution in [3.8, 4) is 0 Å². The van der Waals surface area contributed by atoms with Crippen molar-refractivity contribution in [2.24, 2.45) is 5.92 Å². The van der Waals surface area contributed by atoms with E-state index in [1.807, 2.05) is 41.3 Å². The third-order valence-electron chi connectivity index (χ3n) is 6.44. The molecule has 0 bridgehead atoms. The molecule has 1 saturated heterocycles. The first-order valence-corrected chi connectivity index (χ1v) is 10.9. The molecule has 5 rings (SSSR count). The highest BCUT2D eigenvalue weighted by atomic mass is 16.2. The van der Waals surface area contributed by atoms with Crippen LogP contribution < -0.4 is 5.32 Å². The minimum atomic E-state index is -0.110. The van der Waals surface area contributed by atoms with Crippen molar-refractivity contribution in [1.82, 2.24) is 9.88 Å². The van der Waals surface area contributed by atoms with Crippen LogP contribution in [0.1, 0.15) is 53.4 Å². The van der Waals surface area contributed by atoms with Gasteiger partial charge in [0.05, 0.1) is 11.1 Å². The number of aromatic amines is 1. The van der Waals surface area contributed by atoms with Crippen molar-refractivity contribution in [2.75, 3.05) is 11.9 Å². The first-order valence-electron chi connectivity index (χ1n) is 10.9. The highest BCUT2D eigenvalue weighted by Gasteiger charge is 2.23. The molecule has 2 N–H and O–H groups in total. The smallest absolute Gasteiger partial charge is 0.257 e. The average molecular weight is 402 g/mol. The van der Waals surface area contributed by atoms with Gasteiger partial charge in [-0.1, -0.05) is 31.2 Å². The quantitative estimate of drug-likeness (QED) is 0.667. The van der Waals surface area contributed by atoms with Crippen LogP contribution in [0.15, 0.2) is 42.5 Å². The van der Waals surface area contributed by atoms with Gasteiger partial charge in [-0.3, -0.25) is 9.59 Å². The van der Waals surface area contributed by atoms with Gasteiger partial charge in [0.25, 0.3) is 5.91 Å². The molecule has 3 aromatic rings. The van der Waals surface area contributed by atoms with Crippen molar-refractivity contribution in [2.45, 2.75) is 45.6 Å². The highest BCUT2D eigenvalue weighted by Crippen LogP contribution is 2.33. The van der Waals surface area contributed by atoms with Crippen LogP contribution in [0.25, 0.3) is 10.9 Å². The summed E-state index contributed by atoms with van der Waals surface area (Å²) in [4.78, 5) is 30.4. The van der Waals surface area contributed by atoms with Crippen molar-refractivity contribution in [3.63, 3.8) is 0 Å². The number of aryl methyl sites for hydroxylation is 1. The molecule has 5 nitrogen and oxygen atoms in total. The minimum absolute atomic E-state index is 0.110. The number of likely N-dealkylation sites (tertiary alicyclic amines) is 1. The van der Waals surface area contributed by atoms with Gasteiger partial charge in [0.2, 0.25) is 5.91 Å². The Morgan fingerprint density at radius 2 is 2.07 bits per heavy atom. The van der Waals surface area contributed by atoms with Gasteiger partial charge in [-0.25, -0.2) is 0 Å². The first-order chi connectivity index (χ1) is 14.6. The van der Waals surface area contributed by atoms with Crippen LogP contribution >= 0.6 is 0 Å². The number of carbonyl (C=O) groups is 2. The number of amides is 2. The van der Waals surface area contributed by atoms with E-state index in [-0.39, 0.29) is 11.8 Å². The second-order valence-electron chi connectivity index (χ2n) is 8.73. The zero-order valence-corrected chi connectivity index (χ0v) is 17.3. The van der Waals surface area contributed by atoms with Crippen molar-refractivity contribution < 1.29 is 9.59 Å². The molecule has 0 spiro atoms. The molecule has 30 heavy (non-hydrogen) atoms. The molecule has 0 saturated carbocycles. The number of rotatable bonds is 4. The van der Waals surface area contributed by atoms with Crippen LogP contribution in [0.5, 0.6) is 0 Å². The van der Waals surface area contributed by atoms with Gasteiger partial charge in [-0.15, -0.1) is 0 Å². The molecule has 1 aliphatic heterocycles. The summed E-state index contributed by atoms with van der Waals surface area (Å²) in [6, 6.07) is 13.8. The van der Waals surface area contributed by atoms with Crippen molar-refractivity contribution >= 4 is 28.4 Å². The molecule has 1 fully saturated rings. The molecular formula is C25H27N3O2. The van der Waals surface area contributed by atoms with E-state index < -0.39 is 0 Å². The SMILES string of the molecule is CC1CCc2[nH]c3c(C(=O)Nc4cccc(CN5CCCC5=O)c4)cccc3c2C1. The van der Waals surface area contributed by atoms with E-state index in [4.69, 9.17) is 0 Å². The second-order valence-corrected chi connectivity index (χ2v) is 8.73. The maximum atomic E-state index is 13.1. The van der Waals surface area contributed by atoms with E-state index in [1.165, 1.54) is 23.1 Å². The molecule has 2 amide bonds. The standard InChI is InChI=1S/C25H27N3O2/c1-16-10-11-22-21(13-16)19-7-3-8-20(24(19)27-22)25(30)26-18-6-2-5-17(14-18)15-28-12-4-9-23(28)29/h2-3,5-8,14,16,27H,4,9-13,15H2,1H3,(H,26,30). The Balaban J connectivity index is 1.39. The Hall–Kier alpha value is -3.08. The van der Waals surface area contributed by atoms with Gasteiger partial charge in [-0.2, -0.15) is 0 Å². The van der Waals surface area contributed by atoms with Gasteiger partial charge < -0.3 is 15.2 Å². The van der Waals surface area contributed by atoms with Gasteiger partial charge in [0.15, 0.2) is 0 Å². The number of para-hydroxylation sites is 1. The summed E-state index contributed by atoms with van der Waals surface area (Å²) < 4.78 is 0. The maximum Gasteiger partial charge on any atom is 0.257 e. The van der Waals surface area contributed by atoms with Crippen LogP contribution in [0.4, 0.5) is 5.69 Å². The summed E-state index contributed by atoms with van der Waals surface area (Å²) in [7, 11) is 0. The van der Waals surface area contributed by atoms with Crippen LogP contribution in [0, 0.1) is 5.92 Å². The number of carbonyl (C=O) groups excluding carboxylic acids is 2. The highest BCUT2D eigenvalue weighted by molar-refractivity contribution is 6.12. The second kappa shape index (κ2) is 7.63. The Bertz CT molecular complexity index is 1130. The zero-order chi connectivity index (χ0) is 20.7. The maximum absolute atomic E-state index is 13.1. The molecular weight excluding hydrogens is 374 g/mol. The normalized spacial score (nSPS) is 18.6. The molecule has 2 heterocycles. The molecule has 2 aromatic carbocycles. The Morgan fingerprint density at radius 3 is 2.90 bits per heavy atom. The largest absolute Gasteiger partial charge is 0.358 e. The molecule has 5 heteroatoms. The van der Waals surface area contributed by atoms with E-state index in [0.29, 0.717) is 24.4 Å². The molecule has 0 radical (unpaired) electrons. The monoisotopic (exact) mass is 401 g/mol. The van der Waals surface area contributed by atoms with Crippen molar-refractivity contribution in [1.29, 1.82) is 0 Å². The van der Waals surface area contributed by atoms with E-state index in [9.17, 15) is 9.59 Å². The van der Waals surface area contributed by atoms with E-state index in [1.54, 1.807) is 0 Å². The van der Waals surface area contributed by atoms with Crippen molar-refractivity contribution in [3.05, 3.63) is 64.8 Å². The first kappa shape index (κ1) is 18.9. The Morgan fingerprint density at radius 1 is 1.20 bits per heavy atom. The predicted octanol–water partition coefficient (Wildman–Crippen LogP) is 4.67. The number of hydrogen-bond donors (Lipinski definition) is 2. The summed E-state index contributed by atoms with van der Waals surface area (Å²) in [6.07, 6.45) is 4.87. The molecule has 1 aliphatic carbocycles. The van der Waals surface area contributed by atoms with E-state index in [2.05, 4.69) is 23.3 Å². The summed E-state index contributed by atoms with van der Waals surface area (Å²) >= 11 is 0. The summed E-state index contributed by atoms with van der Waals surface area (Å²) in [6.45, 7) is 3.70. The molecule has 1 unspecified atom stereocenters. The van der Waals surface area contributed by atoms with Gasteiger partial charge >= 0.3 is 0 Å². The minimum Gasteiger partial charge on any atom is -0.358 e. The lowest BCUT2D eigenvalue weighted by Crippen LogP contribution is -2.23. The number of anilines is 1. The lowest BCUT2D eigenvalue weighted by molar-refractivity contribution is -0.128. The lowest BCUT2D eigenvalue weighted by atomic mass is 9.87. The van der Waals surface area contributed by atoms with Crippen LogP contribution in [-0.4, -0.2) is 28.2 Å². The number of nitrogens with one attached hydrogen (secondary N) is 2. The number of hydrogen-bond acceptors (Lipinski definition) is 2. The number of benzene rings is 2. The molecule has 1 atom stereocenters. The lowest BCUT2D eigenvalue weighted by Gasteiger charge is -2.17. The molecule has 1 aromatic heterocycles. The zero-order valence-electron chi connectivity index (χ0n) is 17.3. The van der Waals surface area contributed by atoms with E-state index in [0.717, 1.165) is 42.6 Å². The van der Waals surface area contributed by atoms with Crippen LogP contribution in [0.2, 0.25) is 0 Å². The average Bonchev–Trinajstić information content (AvgIpc) is 3.31. The number of nitrogens with zero attached hydrogens (tertiary/aromatic N) is 1. The Labute approximate surface area is 176 Å². The fraction of sp³-hybridized carbons (Fsp3) is 0.360. The number of fused-ring (bicyclic) bond motifs is 3. The fourth-order valence-corrected chi connectivity index (χ4v) is 4.84. The van der Waals surface area contributed by atoms with E-state index >= 15 is 0 Å². The van der Waals surface area contributed by atoms with Crippen LogP contribution in [-0.2, 0) is 24.2 Å². The van der Waals surface area contributed by atoms with Gasteiger partial charge in [0, 0.05) is 36.3 Å². The third kappa shape index (κ3) is 3.49.